The van der Waals surface area contributed by atoms with Gasteiger partial charge in [-0.3, -0.25) is 4.57 Å². The Hall–Kier alpha value is -0.870. The van der Waals surface area contributed by atoms with E-state index in [0.717, 1.165) is 26.1 Å². The summed E-state index contributed by atoms with van der Waals surface area (Å²) in [5, 5.41) is 2.34. The monoisotopic (exact) mass is 456 g/mol. The van der Waals surface area contributed by atoms with E-state index in [1.807, 2.05) is 32.0 Å². The minimum Gasteiger partial charge on any atom is -0.308 e. The average molecular weight is 457 g/mol. The van der Waals surface area contributed by atoms with Crippen LogP contribution < -0.4 is 0 Å². The van der Waals surface area contributed by atoms with Gasteiger partial charge in [0.2, 0.25) is 0 Å². The number of fused-ring (bicyclic) bond motifs is 1. The van der Waals surface area contributed by atoms with Gasteiger partial charge in [0.05, 0.1) is 18.9 Å². The molecule has 1 unspecified atom stereocenters. The molecule has 0 aliphatic carbocycles. The van der Waals surface area contributed by atoms with Crippen molar-refractivity contribution in [2.45, 2.75) is 32.9 Å². The fraction of sp³-hybridized carbons (Fsp3) is 0.333. The van der Waals surface area contributed by atoms with Crippen LogP contribution in [0.25, 0.3) is 10.1 Å². The van der Waals surface area contributed by atoms with Gasteiger partial charge in [-0.25, -0.2) is 0 Å². The van der Waals surface area contributed by atoms with E-state index < -0.39 is 13.3 Å². The van der Waals surface area contributed by atoms with Crippen LogP contribution in [0, 0.1) is 6.92 Å². The second kappa shape index (κ2) is 9.30. The van der Waals surface area contributed by atoms with Crippen LogP contribution >= 0.6 is 42.1 Å². The molecule has 0 saturated carbocycles. The Bertz CT molecular complexity index is 1010. The lowest BCUT2D eigenvalue weighted by molar-refractivity contribution is 0.212. The van der Waals surface area contributed by atoms with Crippen molar-refractivity contribution in [1.82, 2.24) is 0 Å². The van der Waals surface area contributed by atoms with Crippen LogP contribution in [0.3, 0.4) is 0 Å². The van der Waals surface area contributed by atoms with Crippen LogP contribution in [0.2, 0.25) is 10.0 Å². The highest BCUT2D eigenvalue weighted by molar-refractivity contribution is 7.54. The molecule has 0 N–H and O–H groups in total. The lowest BCUT2D eigenvalue weighted by Crippen LogP contribution is -2.10. The van der Waals surface area contributed by atoms with Gasteiger partial charge in [-0.2, -0.15) is 0 Å². The number of benzene rings is 2. The summed E-state index contributed by atoms with van der Waals surface area (Å²) in [5.74, 6) is 0. The van der Waals surface area contributed by atoms with Crippen molar-refractivity contribution in [1.29, 1.82) is 0 Å². The Morgan fingerprint density at radius 1 is 1.07 bits per heavy atom. The first kappa shape index (κ1) is 21.8. The molecule has 3 aromatic rings. The molecule has 7 heteroatoms. The second-order valence-corrected chi connectivity index (χ2v) is 10.6. The first-order valence-corrected chi connectivity index (χ1v) is 12.4. The third-order valence-corrected chi connectivity index (χ3v) is 9.21. The van der Waals surface area contributed by atoms with Gasteiger partial charge >= 0.3 is 7.60 Å². The standard InChI is InChI=1S/C21H23Cl2O3PS/c1-4-25-27(24,26-5-2)19(13-15-12-16(22)10-11-18(15)23)21-14(3)17-8-6-7-9-20(17)28-21/h6-12,19H,4-5,13H2,1-3H3. The maximum atomic E-state index is 13.8. The third-order valence-electron chi connectivity index (χ3n) is 4.60. The molecule has 0 fully saturated rings. The maximum absolute atomic E-state index is 13.8. The predicted molar refractivity (Wildman–Crippen MR) is 120 cm³/mol. The van der Waals surface area contributed by atoms with Crippen molar-refractivity contribution in [3.8, 4) is 0 Å². The topological polar surface area (TPSA) is 35.5 Å². The van der Waals surface area contributed by atoms with Gasteiger partial charge in [-0.05, 0) is 68.0 Å². The van der Waals surface area contributed by atoms with Crippen LogP contribution in [0.1, 0.15) is 35.5 Å². The van der Waals surface area contributed by atoms with E-state index in [9.17, 15) is 4.57 Å². The zero-order valence-electron chi connectivity index (χ0n) is 16.1. The van der Waals surface area contributed by atoms with Crippen LogP contribution in [0.15, 0.2) is 42.5 Å². The third kappa shape index (κ3) is 4.48. The number of rotatable bonds is 8. The molecule has 2 aromatic carbocycles. The van der Waals surface area contributed by atoms with Gasteiger partial charge < -0.3 is 9.05 Å². The number of hydrogen-bond donors (Lipinski definition) is 0. The van der Waals surface area contributed by atoms with Gasteiger partial charge in [-0.15, -0.1) is 11.3 Å². The molecule has 3 rings (SSSR count). The number of aryl methyl sites for hydroxylation is 1. The Morgan fingerprint density at radius 2 is 1.75 bits per heavy atom. The summed E-state index contributed by atoms with van der Waals surface area (Å²) in [7, 11) is -3.43. The fourth-order valence-electron chi connectivity index (χ4n) is 3.34. The summed E-state index contributed by atoms with van der Waals surface area (Å²) in [6, 6.07) is 13.5. The lowest BCUT2D eigenvalue weighted by Gasteiger charge is -2.27. The number of hydrogen-bond acceptors (Lipinski definition) is 4. The highest BCUT2D eigenvalue weighted by Crippen LogP contribution is 2.64. The smallest absolute Gasteiger partial charge is 0.308 e. The van der Waals surface area contributed by atoms with E-state index in [1.54, 1.807) is 23.5 Å². The molecule has 1 aromatic heterocycles. The van der Waals surface area contributed by atoms with E-state index in [1.165, 1.54) is 0 Å². The number of halogens is 2. The molecule has 0 aliphatic rings. The highest BCUT2D eigenvalue weighted by atomic mass is 35.5. The molecular formula is C21H23Cl2O3PS. The molecule has 0 aliphatic heterocycles. The van der Waals surface area contributed by atoms with Crippen molar-refractivity contribution >= 4 is 52.2 Å². The number of thiophene rings is 1. The molecular weight excluding hydrogens is 434 g/mol. The average Bonchev–Trinajstić information content (AvgIpc) is 2.99. The van der Waals surface area contributed by atoms with E-state index in [0.29, 0.717) is 29.7 Å². The molecule has 0 saturated heterocycles. The van der Waals surface area contributed by atoms with Crippen molar-refractivity contribution in [3.05, 3.63) is 68.5 Å². The summed E-state index contributed by atoms with van der Waals surface area (Å²) in [6.45, 7) is 6.32. The highest BCUT2D eigenvalue weighted by Gasteiger charge is 2.39. The van der Waals surface area contributed by atoms with Crippen LogP contribution in [-0.4, -0.2) is 13.2 Å². The van der Waals surface area contributed by atoms with E-state index in [-0.39, 0.29) is 0 Å². The Kier molecular flexibility index (Phi) is 7.25. The van der Waals surface area contributed by atoms with Crippen LogP contribution in [0.5, 0.6) is 0 Å². The zero-order chi connectivity index (χ0) is 20.3. The molecule has 1 heterocycles. The molecule has 1 atom stereocenters. The van der Waals surface area contributed by atoms with E-state index in [2.05, 4.69) is 19.1 Å². The first-order chi connectivity index (χ1) is 13.4. The molecule has 0 amide bonds. The van der Waals surface area contributed by atoms with Gasteiger partial charge in [-0.1, -0.05) is 41.4 Å². The minimum absolute atomic E-state index is 0.307. The molecule has 0 bridgehead atoms. The quantitative estimate of drug-likeness (QED) is 0.321. The van der Waals surface area contributed by atoms with Crippen molar-refractivity contribution < 1.29 is 13.6 Å². The summed E-state index contributed by atoms with van der Waals surface area (Å²) in [4.78, 5) is 1.00. The predicted octanol–water partition coefficient (Wildman–Crippen LogP) is 8.07. The van der Waals surface area contributed by atoms with Gasteiger partial charge in [0.25, 0.3) is 0 Å². The van der Waals surface area contributed by atoms with Gasteiger partial charge in [0.15, 0.2) is 0 Å². The Labute approximate surface area is 180 Å². The summed E-state index contributed by atoms with van der Waals surface area (Å²) in [6.07, 6.45) is 0.421. The van der Waals surface area contributed by atoms with Gasteiger partial charge in [0.1, 0.15) is 0 Å². The van der Waals surface area contributed by atoms with Crippen molar-refractivity contribution in [3.63, 3.8) is 0 Å². The molecule has 0 spiro atoms. The SMILES string of the molecule is CCOP(=O)(OCC)C(Cc1cc(Cl)ccc1Cl)c1sc2ccccc2c1C. The summed E-state index contributed by atoms with van der Waals surface area (Å²) < 4.78 is 26.5. The summed E-state index contributed by atoms with van der Waals surface area (Å²) >= 11 is 14.2. The van der Waals surface area contributed by atoms with E-state index >= 15 is 0 Å². The van der Waals surface area contributed by atoms with Crippen molar-refractivity contribution in [2.75, 3.05) is 13.2 Å². The maximum Gasteiger partial charge on any atom is 0.339 e. The lowest BCUT2D eigenvalue weighted by atomic mass is 10.1. The first-order valence-electron chi connectivity index (χ1n) is 9.20. The molecule has 3 nitrogen and oxygen atoms in total. The fourth-order valence-corrected chi connectivity index (χ4v) is 7.53. The molecule has 0 radical (unpaired) electrons. The Balaban J connectivity index is 2.16. The van der Waals surface area contributed by atoms with Crippen LogP contribution in [0.4, 0.5) is 0 Å². The molecule has 28 heavy (non-hydrogen) atoms. The Morgan fingerprint density at radius 3 is 2.39 bits per heavy atom. The second-order valence-electron chi connectivity index (χ2n) is 6.42. The zero-order valence-corrected chi connectivity index (χ0v) is 19.3. The molecule has 150 valence electrons. The summed E-state index contributed by atoms with van der Waals surface area (Å²) in [5.41, 5.74) is 1.47. The minimum atomic E-state index is -3.43. The van der Waals surface area contributed by atoms with Crippen molar-refractivity contribution in [2.24, 2.45) is 0 Å². The largest absolute Gasteiger partial charge is 0.339 e. The van der Waals surface area contributed by atoms with E-state index in [4.69, 9.17) is 32.2 Å². The van der Waals surface area contributed by atoms with Gasteiger partial charge in [0, 0.05) is 19.6 Å². The normalized spacial score (nSPS) is 13.2. The van der Waals surface area contributed by atoms with Crippen LogP contribution in [-0.2, 0) is 20.0 Å².